The van der Waals surface area contributed by atoms with Gasteiger partial charge in [0.1, 0.15) is 55.8 Å². The van der Waals surface area contributed by atoms with Gasteiger partial charge >= 0.3 is 0 Å². The average molecular weight is 1140 g/mol. The third-order valence-corrected chi connectivity index (χ3v) is 14.8. The van der Waals surface area contributed by atoms with Gasteiger partial charge in [-0.15, -0.1) is 0 Å². The van der Waals surface area contributed by atoms with Crippen LogP contribution in [-0.4, -0.2) is 108 Å². The number of aromatic nitrogens is 3. The number of para-hydroxylation sites is 3. The third kappa shape index (κ3) is 10.1. The maximum Gasteiger partial charge on any atom is 0.285 e. The van der Waals surface area contributed by atoms with E-state index in [4.69, 9.17) is 17.2 Å². The second-order valence-corrected chi connectivity index (χ2v) is 18.6. The van der Waals surface area contributed by atoms with Crippen molar-refractivity contribution in [3.8, 4) is 0 Å². The van der Waals surface area contributed by atoms with Crippen molar-refractivity contribution in [2.45, 2.75) is 19.6 Å². The molecule has 0 aliphatic carbocycles. The summed E-state index contributed by atoms with van der Waals surface area (Å²) in [6.07, 6.45) is 0. The standard InChI is InChI=1S/C51H48N7.C6H18N4.3BrH/c1-4-19-43-37(13-1)40-16-7-10-22-46(40)56-34-31-53(49(43)56)28-25-52(26-29-54-32-35-57-47-23-11-8-17-41(47)38-14-2-5-20-44(38)50(54)57)27-30-55-33-36-58-48-24-12-9-18-42(48)39-15-3-6-21-45(39)51(55)58;7-1-4-10(5-2-8)6-3-9;;;/h1-24H,25-36H2;1-9H2;3*1H/q+3;;;;/p-3. The number of nitrogens with two attached hydrogens (primary N) is 3. The van der Waals surface area contributed by atoms with E-state index in [1.807, 2.05) is 0 Å². The minimum atomic E-state index is 0. The molecule has 0 spiro atoms. The van der Waals surface area contributed by atoms with Gasteiger partial charge in [-0.3, -0.25) is 24.5 Å². The lowest BCUT2D eigenvalue weighted by molar-refractivity contribution is -0.643. The van der Waals surface area contributed by atoms with Gasteiger partial charge in [0.15, 0.2) is 0 Å². The Morgan fingerprint density at radius 1 is 0.324 bits per heavy atom. The Hall–Kier alpha value is -5.03. The number of halogens is 3. The van der Waals surface area contributed by atoms with Crippen molar-refractivity contribution in [2.24, 2.45) is 17.2 Å². The lowest BCUT2D eigenvalue weighted by atomic mass is 10.1. The van der Waals surface area contributed by atoms with Crippen LogP contribution in [-0.2, 0) is 19.6 Å². The van der Waals surface area contributed by atoms with Crippen molar-refractivity contribution in [3.05, 3.63) is 146 Å². The van der Waals surface area contributed by atoms with E-state index in [1.165, 1.54) is 82.5 Å². The molecule has 71 heavy (non-hydrogen) atoms. The molecule has 0 unspecified atom stereocenters. The first-order valence-corrected chi connectivity index (χ1v) is 24.9. The number of pyridine rings is 3. The fourth-order valence-corrected chi connectivity index (χ4v) is 11.7. The van der Waals surface area contributed by atoms with Crippen molar-refractivity contribution >= 4 is 82.5 Å². The summed E-state index contributed by atoms with van der Waals surface area (Å²) in [6, 6.07) is 54.0. The summed E-state index contributed by atoms with van der Waals surface area (Å²) in [7, 11) is 0. The lowest BCUT2D eigenvalue weighted by Crippen LogP contribution is -3.00. The molecule has 3 aromatic heterocycles. The Morgan fingerprint density at radius 3 is 0.845 bits per heavy atom. The van der Waals surface area contributed by atoms with Crippen LogP contribution < -0.4 is 96.5 Å². The van der Waals surface area contributed by atoms with E-state index in [0.717, 1.165) is 98.2 Å². The van der Waals surface area contributed by atoms with E-state index in [1.54, 1.807) is 0 Å². The minimum absolute atomic E-state index is 0. The second-order valence-electron chi connectivity index (χ2n) is 18.6. The van der Waals surface area contributed by atoms with Gasteiger partial charge in [0.25, 0.3) is 17.5 Å². The molecule has 14 heteroatoms. The Bertz CT molecular complexity index is 2940. The van der Waals surface area contributed by atoms with Gasteiger partial charge in [0, 0.05) is 91.2 Å². The van der Waals surface area contributed by atoms with Crippen LogP contribution in [0.5, 0.6) is 0 Å². The fraction of sp³-hybridized carbons (Fsp3) is 0.316. The van der Waals surface area contributed by atoms with Crippen LogP contribution in [0.15, 0.2) is 146 Å². The molecule has 6 aromatic carbocycles. The van der Waals surface area contributed by atoms with Crippen LogP contribution >= 0.6 is 0 Å². The molecule has 3 aliphatic heterocycles. The molecule has 0 saturated heterocycles. The molecule has 11 nitrogen and oxygen atoms in total. The summed E-state index contributed by atoms with van der Waals surface area (Å²) in [5, 5.41) is 12.2. The molecular formula is C57H66Br3N11. The van der Waals surface area contributed by atoms with Crippen LogP contribution in [0, 0.1) is 0 Å². The number of nitrogens with zero attached hydrogens (tertiary/aromatic N) is 8. The lowest BCUT2D eigenvalue weighted by Gasteiger charge is -2.25. The number of benzene rings is 6. The summed E-state index contributed by atoms with van der Waals surface area (Å²) in [4.78, 5) is 12.9. The first kappa shape index (κ1) is 52.3. The molecule has 0 radical (unpaired) electrons. The maximum atomic E-state index is 5.37. The molecule has 6 N–H and O–H groups in total. The van der Waals surface area contributed by atoms with Crippen LogP contribution in [0.1, 0.15) is 0 Å². The Kier molecular flexibility index (Phi) is 17.4. The van der Waals surface area contributed by atoms with Gasteiger partial charge in [-0.1, -0.05) is 109 Å². The van der Waals surface area contributed by atoms with Gasteiger partial charge in [-0.25, -0.2) is 13.7 Å². The van der Waals surface area contributed by atoms with Crippen LogP contribution in [0.3, 0.4) is 0 Å². The number of hydrogen-bond donors (Lipinski definition) is 3. The van der Waals surface area contributed by atoms with Gasteiger partial charge in [0.2, 0.25) is 0 Å². The van der Waals surface area contributed by atoms with Gasteiger partial charge < -0.3 is 68.1 Å². The Labute approximate surface area is 449 Å². The molecule has 9 aromatic rings. The number of anilines is 3. The predicted molar refractivity (Wildman–Crippen MR) is 282 cm³/mol. The Balaban J connectivity index is 0.000000473. The first-order valence-electron chi connectivity index (χ1n) is 24.9. The van der Waals surface area contributed by atoms with Crippen molar-refractivity contribution in [2.75, 3.05) is 113 Å². The number of rotatable bonds is 15. The average Bonchev–Trinajstić information content (AvgIpc) is 4.15. The van der Waals surface area contributed by atoms with E-state index < -0.39 is 0 Å². The van der Waals surface area contributed by atoms with Crippen molar-refractivity contribution in [1.82, 2.24) is 9.80 Å². The van der Waals surface area contributed by atoms with Crippen LogP contribution in [0.2, 0.25) is 0 Å². The highest BCUT2D eigenvalue weighted by Crippen LogP contribution is 2.35. The molecule has 12 rings (SSSR count). The first-order chi connectivity index (χ1) is 33.6. The monoisotopic (exact) mass is 1140 g/mol. The smallest absolute Gasteiger partial charge is 0.285 e. The minimum Gasteiger partial charge on any atom is -1.00 e. The molecule has 0 saturated carbocycles. The molecule has 3 aliphatic rings. The molecule has 0 bridgehead atoms. The van der Waals surface area contributed by atoms with Gasteiger partial charge in [0.05, 0.1) is 35.8 Å². The molecule has 0 atom stereocenters. The van der Waals surface area contributed by atoms with E-state index >= 15 is 0 Å². The zero-order valence-corrected chi connectivity index (χ0v) is 45.3. The maximum absolute atomic E-state index is 5.37. The van der Waals surface area contributed by atoms with Crippen LogP contribution in [0.4, 0.5) is 17.5 Å². The summed E-state index contributed by atoms with van der Waals surface area (Å²) >= 11 is 0. The van der Waals surface area contributed by atoms with E-state index in [-0.39, 0.29) is 50.9 Å². The summed E-state index contributed by atoms with van der Waals surface area (Å²) in [5.41, 5.74) is 20.1. The zero-order chi connectivity index (χ0) is 46.0. The highest BCUT2D eigenvalue weighted by molar-refractivity contribution is 6.10. The number of fused-ring (bicyclic) bond motifs is 18. The Morgan fingerprint density at radius 2 is 0.563 bits per heavy atom. The summed E-state index contributed by atoms with van der Waals surface area (Å²) in [6.45, 7) is 16.9. The second kappa shape index (κ2) is 23.7. The molecular weight excluding hydrogens is 1080 g/mol. The normalized spacial score (nSPS) is 13.7. The topological polar surface area (TPSA) is 106 Å². The van der Waals surface area contributed by atoms with Gasteiger partial charge in [-0.05, 0) is 36.4 Å². The van der Waals surface area contributed by atoms with Crippen molar-refractivity contribution in [1.29, 1.82) is 0 Å². The zero-order valence-electron chi connectivity index (χ0n) is 40.5. The SMILES string of the molecule is NCCN(CCN)CCN.[Br-].[Br-].[Br-].c1ccc2c(c1)c1[n+](c3ccccc23)CCN1CCN(CCN1CC[n+]2c1c1ccccc1c1ccccc12)CCN1CC[n+]2c1c1ccccc1c1ccccc12. The fourth-order valence-electron chi connectivity index (χ4n) is 11.7. The molecule has 370 valence electrons. The number of hydrogen-bond acceptors (Lipinski definition) is 8. The highest BCUT2D eigenvalue weighted by atomic mass is 79.9. The quantitative estimate of drug-likeness (QED) is 0.0731. The van der Waals surface area contributed by atoms with Crippen molar-refractivity contribution in [3.63, 3.8) is 0 Å². The van der Waals surface area contributed by atoms with Crippen molar-refractivity contribution < 1.29 is 64.6 Å². The van der Waals surface area contributed by atoms with E-state index in [9.17, 15) is 0 Å². The molecule has 0 amide bonds. The summed E-state index contributed by atoms with van der Waals surface area (Å²) in [5.74, 6) is 4.13. The third-order valence-electron chi connectivity index (χ3n) is 14.8. The molecule has 6 heterocycles. The largest absolute Gasteiger partial charge is 1.00 e. The van der Waals surface area contributed by atoms with E-state index in [0.29, 0.717) is 19.6 Å². The van der Waals surface area contributed by atoms with E-state index in [2.05, 4.69) is 184 Å². The summed E-state index contributed by atoms with van der Waals surface area (Å²) < 4.78 is 7.72. The predicted octanol–water partition coefficient (Wildman–Crippen LogP) is -3.19. The van der Waals surface area contributed by atoms with Gasteiger partial charge in [-0.2, -0.15) is 0 Å². The molecule has 0 fully saturated rings. The van der Waals surface area contributed by atoms with Crippen LogP contribution in [0.25, 0.3) is 65.0 Å². The highest BCUT2D eigenvalue weighted by Gasteiger charge is 2.36.